The molecule has 0 radical (unpaired) electrons. The maximum Gasteiger partial charge on any atom is 0.213 e. The first kappa shape index (κ1) is 28.6. The molecule has 0 bridgehead atoms. The van der Waals surface area contributed by atoms with Gasteiger partial charge in [-0.05, 0) is 13.8 Å². The predicted molar refractivity (Wildman–Crippen MR) is 107 cm³/mol. The van der Waals surface area contributed by atoms with E-state index in [0.717, 1.165) is 0 Å². The minimum atomic E-state index is -1.11. The minimum Gasteiger partial charge on any atom is -0.394 e. The van der Waals surface area contributed by atoms with E-state index in [0.29, 0.717) is 17.7 Å². The maximum atomic E-state index is 10.1. The van der Waals surface area contributed by atoms with E-state index in [1.807, 2.05) is 28.1 Å². The van der Waals surface area contributed by atoms with Gasteiger partial charge in [0.1, 0.15) is 36.6 Å². The smallest absolute Gasteiger partial charge is 0.213 e. The summed E-state index contributed by atoms with van der Waals surface area (Å²) in [5.74, 6) is 0. The zero-order chi connectivity index (χ0) is 23.9. The third-order valence-electron chi connectivity index (χ3n) is 5.41. The Labute approximate surface area is 183 Å². The molecule has 2 fully saturated rings. The highest BCUT2D eigenvalue weighted by atomic mass is 16.7. The van der Waals surface area contributed by atoms with Crippen LogP contribution in [0, 0.1) is 0 Å². The van der Waals surface area contributed by atoms with Crippen LogP contribution in [0.4, 0.5) is 0 Å². The van der Waals surface area contributed by atoms with Gasteiger partial charge in [-0.3, -0.25) is 0 Å². The topological polar surface area (TPSA) is 186 Å². The fourth-order valence-electron chi connectivity index (χ4n) is 3.66. The molecule has 2 rings (SSSR count). The number of hydrogen-bond donors (Lipinski definition) is 7. The third kappa shape index (κ3) is 7.25. The molecule has 0 amide bonds. The van der Waals surface area contributed by atoms with E-state index in [-0.39, 0.29) is 13.2 Å². The summed E-state index contributed by atoms with van der Waals surface area (Å²) in [7, 11) is 5.69. The number of ether oxygens (including phenoxy) is 4. The van der Waals surface area contributed by atoms with Gasteiger partial charge in [-0.1, -0.05) is 0 Å². The van der Waals surface area contributed by atoms with Crippen LogP contribution in [-0.2, 0) is 18.9 Å². The van der Waals surface area contributed by atoms with Gasteiger partial charge in [-0.2, -0.15) is 0 Å². The highest BCUT2D eigenvalue weighted by Crippen LogP contribution is 2.27. The van der Waals surface area contributed by atoms with E-state index < -0.39 is 61.3 Å². The molecule has 2 heterocycles. The highest BCUT2D eigenvalue weighted by Gasteiger charge is 2.51. The lowest BCUT2D eigenvalue weighted by atomic mass is 9.95. The van der Waals surface area contributed by atoms with Crippen LogP contribution in [-0.4, -0.2) is 144 Å². The van der Waals surface area contributed by atoms with Crippen molar-refractivity contribution in [3.8, 4) is 0 Å². The van der Waals surface area contributed by atoms with Gasteiger partial charge in [0.25, 0.3) is 0 Å². The molecule has 12 heteroatoms. The van der Waals surface area contributed by atoms with Gasteiger partial charge in [-0.15, -0.1) is 0 Å². The van der Waals surface area contributed by atoms with Gasteiger partial charge < -0.3 is 59.8 Å². The molecule has 2 aliphatic heterocycles. The summed E-state index contributed by atoms with van der Waals surface area (Å²) < 4.78 is 21.8. The summed E-state index contributed by atoms with van der Waals surface area (Å²) in [6.07, 6.45) is -7.14. The second-order valence-electron chi connectivity index (χ2n) is 8.59. The van der Waals surface area contributed by atoms with Gasteiger partial charge in [0.15, 0.2) is 12.1 Å². The fraction of sp³-hybridized carbons (Fsp3) is 1.00. The molecule has 0 saturated carbocycles. The van der Waals surface area contributed by atoms with Crippen molar-refractivity contribution >= 4 is 0 Å². The van der Waals surface area contributed by atoms with Crippen LogP contribution < -0.4 is 5.73 Å². The zero-order valence-corrected chi connectivity index (χ0v) is 19.1. The van der Waals surface area contributed by atoms with Crippen molar-refractivity contribution in [1.82, 2.24) is 0 Å². The monoisotopic (exact) mass is 458 g/mol. The van der Waals surface area contributed by atoms with E-state index in [2.05, 4.69) is 5.73 Å². The lowest BCUT2D eigenvalue weighted by molar-refractivity contribution is -0.910. The van der Waals surface area contributed by atoms with Crippen LogP contribution in [0.2, 0.25) is 0 Å². The number of nitrogens with zero attached hydrogens (tertiary/aromatic N) is 1. The molecule has 12 nitrogen and oxygen atoms in total. The summed E-state index contributed by atoms with van der Waals surface area (Å²) in [6, 6.07) is -0.944. The number of hydrogen-bond acceptors (Lipinski definition) is 10. The van der Waals surface area contributed by atoms with Crippen molar-refractivity contribution < 1.29 is 59.8 Å². The number of rotatable bonds is 7. The number of aliphatic hydroxyl groups excluding tert-OH is 6. The van der Waals surface area contributed by atoms with Gasteiger partial charge in [-0.25, -0.2) is 0 Å². The van der Waals surface area contributed by atoms with Crippen LogP contribution in [0.25, 0.3) is 0 Å². The molecule has 9 N–H and O–H groups in total. The first-order valence-electron chi connectivity index (χ1n) is 10.6. The van der Waals surface area contributed by atoms with E-state index in [9.17, 15) is 20.4 Å². The maximum absolute atomic E-state index is 10.1. The predicted octanol–water partition coefficient (Wildman–Crippen LogP) is -4.39. The van der Waals surface area contributed by atoms with Gasteiger partial charge >= 0.3 is 0 Å². The number of aliphatic hydroxyl groups is 6. The first-order valence-corrected chi connectivity index (χ1v) is 10.6. The Morgan fingerprint density at radius 1 is 0.742 bits per heavy atom. The van der Waals surface area contributed by atoms with Crippen molar-refractivity contribution in [1.29, 1.82) is 0 Å². The molecule has 0 aliphatic carbocycles. The molecular formula is C19H42N2O10+2. The van der Waals surface area contributed by atoms with Crippen molar-refractivity contribution in [2.24, 2.45) is 0 Å². The lowest BCUT2D eigenvalue weighted by Crippen LogP contribution is -2.78. The second-order valence-corrected chi connectivity index (χ2v) is 8.59. The number of likely N-dealkylation sites (N-methyl/N-ethyl adjacent to an activating group) is 1. The summed E-state index contributed by atoms with van der Waals surface area (Å²) in [6.45, 7) is 3.81. The Hall–Kier alpha value is -0.480. The molecule has 0 aromatic carbocycles. The molecule has 186 valence electrons. The van der Waals surface area contributed by atoms with Crippen LogP contribution in [0.5, 0.6) is 0 Å². The quantitative estimate of drug-likeness (QED) is 0.184. The summed E-state index contributed by atoms with van der Waals surface area (Å²) in [5, 5.41) is 57.0. The molecule has 0 aromatic rings. The van der Waals surface area contributed by atoms with E-state index in [4.69, 9.17) is 29.2 Å². The summed E-state index contributed by atoms with van der Waals surface area (Å²) in [4.78, 5) is 0. The van der Waals surface area contributed by atoms with Crippen molar-refractivity contribution in [3.05, 3.63) is 0 Å². The average molecular weight is 459 g/mol. The fourth-order valence-corrected chi connectivity index (χ4v) is 3.66. The zero-order valence-electron chi connectivity index (χ0n) is 19.1. The second kappa shape index (κ2) is 12.7. The lowest BCUT2D eigenvalue weighted by Gasteiger charge is -2.47. The molecule has 2 aliphatic rings. The molecule has 2 saturated heterocycles. The van der Waals surface area contributed by atoms with Crippen LogP contribution in [0.1, 0.15) is 13.8 Å². The highest BCUT2D eigenvalue weighted by molar-refractivity contribution is 4.90. The largest absolute Gasteiger partial charge is 0.394 e. The van der Waals surface area contributed by atoms with E-state index in [1.165, 1.54) is 0 Å². The van der Waals surface area contributed by atoms with Crippen molar-refractivity contribution in [3.63, 3.8) is 0 Å². The Kier molecular flexibility index (Phi) is 11.7. The van der Waals surface area contributed by atoms with Crippen molar-refractivity contribution in [2.45, 2.75) is 75.1 Å². The average Bonchev–Trinajstić information content (AvgIpc) is 2.70. The molecular weight excluding hydrogens is 416 g/mol. The van der Waals surface area contributed by atoms with Crippen LogP contribution in [0.15, 0.2) is 0 Å². The normalized spacial score (nSPS) is 41.4. The molecule has 10 unspecified atom stereocenters. The summed E-state index contributed by atoms with van der Waals surface area (Å²) >= 11 is 0. The number of quaternary nitrogens is 2. The molecule has 10 atom stereocenters. The van der Waals surface area contributed by atoms with Crippen LogP contribution >= 0.6 is 0 Å². The minimum absolute atomic E-state index is 0.342. The molecule has 0 spiro atoms. The van der Waals surface area contributed by atoms with Gasteiger partial charge in [0.05, 0.1) is 34.4 Å². The van der Waals surface area contributed by atoms with Crippen LogP contribution in [0.3, 0.4) is 0 Å². The Bertz CT molecular complexity index is 505. The molecule has 0 aromatic heterocycles. The van der Waals surface area contributed by atoms with Crippen molar-refractivity contribution in [2.75, 3.05) is 47.6 Å². The van der Waals surface area contributed by atoms with E-state index >= 15 is 0 Å². The van der Waals surface area contributed by atoms with Gasteiger partial charge in [0.2, 0.25) is 12.6 Å². The Balaban J connectivity index is 0.000000316. The summed E-state index contributed by atoms with van der Waals surface area (Å²) in [5.41, 5.74) is 3.66. The van der Waals surface area contributed by atoms with E-state index in [1.54, 1.807) is 6.92 Å². The Morgan fingerprint density at radius 3 is 1.58 bits per heavy atom. The first-order chi connectivity index (χ1) is 14.4. The standard InChI is InChI=1S/C11H24NO5.C8H17NO5/c1-5-16-11-8(12(2,3)4)10(15)9(14)7(6-13)17-11;1-2-13-8-5(9)7(12)6(11)4(3-10)14-8/h7-11,13-15H,5-6H2,1-4H3;4-8,10-12H,2-3,9H2,1H3/q+1;/p+1. The van der Waals surface area contributed by atoms with Gasteiger partial charge in [0, 0.05) is 13.2 Å². The SMILES string of the molecule is CCOC1OC(CO)C(O)C(O)C1[N+](C)(C)C.CCOC1OC(CO)C(O)C(O)C1[NH3+]. The third-order valence-corrected chi connectivity index (χ3v) is 5.41. The Morgan fingerprint density at radius 2 is 1.16 bits per heavy atom. The molecule has 31 heavy (non-hydrogen) atoms.